The maximum Gasteiger partial charge on any atom is 0.513 e. The fraction of sp³-hybridized carbons (Fsp3) is 0.500. The van der Waals surface area contributed by atoms with Gasteiger partial charge in [-0.05, 0) is 29.5 Å². The molecule has 0 radical (unpaired) electrons. The van der Waals surface area contributed by atoms with E-state index >= 15 is 0 Å². The van der Waals surface area contributed by atoms with Crippen LogP contribution < -0.4 is 0 Å². The monoisotopic (exact) mass is 460 g/mol. The van der Waals surface area contributed by atoms with Crippen LogP contribution in [0, 0.1) is 0 Å². The molecule has 0 N–H and O–H groups in total. The van der Waals surface area contributed by atoms with Crippen molar-refractivity contribution in [1.82, 2.24) is 0 Å². The predicted octanol–water partition coefficient (Wildman–Crippen LogP) is 3.59. The van der Waals surface area contributed by atoms with Gasteiger partial charge in [-0.25, -0.2) is 4.79 Å². The highest BCUT2D eigenvalue weighted by molar-refractivity contribution is 14.1. The van der Waals surface area contributed by atoms with Gasteiger partial charge in [0.15, 0.2) is 0 Å². The van der Waals surface area contributed by atoms with Crippen LogP contribution in [0.2, 0.25) is 0 Å². The fourth-order valence-corrected chi connectivity index (χ4v) is 0.690. The number of carbonyl (C=O) groups is 1. The lowest BCUT2D eigenvalue weighted by Gasteiger charge is -2.01. The molecule has 0 spiro atoms. The van der Waals surface area contributed by atoms with Gasteiger partial charge in [-0.1, -0.05) is 38.5 Å². The first-order valence-corrected chi connectivity index (χ1v) is 6.29. The van der Waals surface area contributed by atoms with E-state index in [0.717, 1.165) is 3.58 Å². The molecule has 0 saturated carbocycles. The zero-order valence-electron chi connectivity index (χ0n) is 6.22. The molecule has 0 amide bonds. The highest BCUT2D eigenvalue weighted by atomic mass is 127. The minimum absolute atomic E-state index is 0.158. The van der Waals surface area contributed by atoms with Crippen molar-refractivity contribution in [2.75, 3.05) is 6.61 Å². The molecule has 12 heavy (non-hydrogen) atoms. The van der Waals surface area contributed by atoms with Crippen LogP contribution in [0.15, 0.2) is 9.84 Å². The van der Waals surface area contributed by atoms with Crippen LogP contribution in [0.25, 0.3) is 0 Å². The standard InChI is InChI=1S/C6H7BrI2O3/c1-2-11-6(10)12-3-4(8)5(7)9/h3,5H,2H2,1H3/b4-3-. The Morgan fingerprint density at radius 1 is 1.75 bits per heavy atom. The van der Waals surface area contributed by atoms with Crippen LogP contribution in [0.5, 0.6) is 0 Å². The number of allylic oxidation sites excluding steroid dienone is 1. The van der Waals surface area contributed by atoms with E-state index in [9.17, 15) is 4.79 Å². The summed E-state index contributed by atoms with van der Waals surface area (Å²) in [6.07, 6.45) is 0.695. The highest BCUT2D eigenvalue weighted by Crippen LogP contribution is 2.24. The Hall–Kier alpha value is 0.950. The Kier molecular flexibility index (Phi) is 7.95. The average molecular weight is 461 g/mol. The van der Waals surface area contributed by atoms with Crippen molar-refractivity contribution in [3.8, 4) is 0 Å². The van der Waals surface area contributed by atoms with Gasteiger partial charge in [-0.15, -0.1) is 0 Å². The van der Waals surface area contributed by atoms with Crippen molar-refractivity contribution in [2.45, 2.75) is 9.76 Å². The number of hydrogen-bond donors (Lipinski definition) is 0. The van der Waals surface area contributed by atoms with Gasteiger partial charge in [-0.3, -0.25) is 0 Å². The van der Waals surface area contributed by atoms with E-state index in [1.165, 1.54) is 6.26 Å². The van der Waals surface area contributed by atoms with E-state index in [2.05, 4.69) is 70.6 Å². The second-order valence-corrected chi connectivity index (χ2v) is 6.72. The molecule has 0 bridgehead atoms. The molecular weight excluding hydrogens is 454 g/mol. The lowest BCUT2D eigenvalue weighted by Crippen LogP contribution is -2.03. The quantitative estimate of drug-likeness (QED) is 0.279. The Balaban J connectivity index is 3.79. The molecule has 0 heterocycles. The third-order valence-corrected chi connectivity index (χ3v) is 4.83. The van der Waals surface area contributed by atoms with Gasteiger partial charge >= 0.3 is 6.16 Å². The largest absolute Gasteiger partial charge is 0.513 e. The normalized spacial score (nSPS) is 13.8. The van der Waals surface area contributed by atoms with Crippen molar-refractivity contribution in [3.63, 3.8) is 0 Å². The number of rotatable bonds is 3. The van der Waals surface area contributed by atoms with Crippen molar-refractivity contribution < 1.29 is 14.3 Å². The van der Waals surface area contributed by atoms with Gasteiger partial charge in [0.05, 0.1) is 9.44 Å². The molecule has 0 rings (SSSR count). The smallest absolute Gasteiger partial charge is 0.434 e. The third kappa shape index (κ3) is 6.46. The first-order chi connectivity index (χ1) is 5.57. The molecule has 70 valence electrons. The Labute approximate surface area is 107 Å². The van der Waals surface area contributed by atoms with E-state index < -0.39 is 6.16 Å². The van der Waals surface area contributed by atoms with Gasteiger partial charge < -0.3 is 9.47 Å². The van der Waals surface area contributed by atoms with E-state index in [4.69, 9.17) is 0 Å². The number of alkyl halides is 2. The summed E-state index contributed by atoms with van der Waals surface area (Å²) >= 11 is 7.52. The Morgan fingerprint density at radius 2 is 2.33 bits per heavy atom. The van der Waals surface area contributed by atoms with Crippen LogP contribution >= 0.6 is 61.1 Å². The number of hydrogen-bond acceptors (Lipinski definition) is 3. The Bertz CT molecular complexity index is 182. The van der Waals surface area contributed by atoms with Crippen molar-refractivity contribution in [2.24, 2.45) is 0 Å². The summed E-state index contributed by atoms with van der Waals surface area (Å²) in [6, 6.07) is 0. The predicted molar refractivity (Wildman–Crippen MR) is 66.9 cm³/mol. The summed E-state index contributed by atoms with van der Waals surface area (Å²) in [5.41, 5.74) is 0. The molecule has 0 aromatic heterocycles. The zero-order chi connectivity index (χ0) is 9.56. The minimum atomic E-state index is -0.670. The number of carbonyl (C=O) groups excluding carboxylic acids is 1. The summed E-state index contributed by atoms with van der Waals surface area (Å²) in [5, 5.41) is 0. The van der Waals surface area contributed by atoms with Crippen LogP contribution in [-0.2, 0) is 9.47 Å². The molecule has 0 aliphatic rings. The van der Waals surface area contributed by atoms with E-state index in [0.29, 0.717) is 6.61 Å². The van der Waals surface area contributed by atoms with Crippen LogP contribution in [0.3, 0.4) is 0 Å². The van der Waals surface area contributed by atoms with Gasteiger partial charge in [0.2, 0.25) is 0 Å². The molecule has 3 nitrogen and oxygen atoms in total. The van der Waals surface area contributed by atoms with Crippen molar-refractivity contribution in [1.29, 1.82) is 0 Å². The molecular formula is C6H7BrI2O3. The molecule has 6 heteroatoms. The fourth-order valence-electron chi connectivity index (χ4n) is 0.308. The zero-order valence-corrected chi connectivity index (χ0v) is 12.1. The van der Waals surface area contributed by atoms with E-state index in [-0.39, 0.29) is 2.83 Å². The lowest BCUT2D eigenvalue weighted by atomic mass is 10.7. The molecule has 0 aromatic carbocycles. The minimum Gasteiger partial charge on any atom is -0.434 e. The maximum atomic E-state index is 10.7. The first-order valence-electron chi connectivity index (χ1n) is 3.05. The second kappa shape index (κ2) is 7.36. The Morgan fingerprint density at radius 3 is 2.75 bits per heavy atom. The summed E-state index contributed by atoms with van der Waals surface area (Å²) in [5.74, 6) is 0. The molecule has 1 unspecified atom stereocenters. The van der Waals surface area contributed by atoms with Gasteiger partial charge in [0.25, 0.3) is 0 Å². The molecule has 0 aliphatic heterocycles. The molecule has 1 atom stereocenters. The maximum absolute atomic E-state index is 10.7. The summed E-state index contributed by atoms with van der Waals surface area (Å²) in [7, 11) is 0. The van der Waals surface area contributed by atoms with Gasteiger partial charge in [-0.2, -0.15) is 0 Å². The van der Waals surface area contributed by atoms with E-state index in [1.807, 2.05) is 0 Å². The second-order valence-electron chi connectivity index (χ2n) is 1.60. The SMILES string of the molecule is CCOC(=O)O/C=C(\I)C(Br)I. The molecule has 0 aliphatic carbocycles. The molecule has 0 aromatic rings. The van der Waals surface area contributed by atoms with Gasteiger partial charge in [0, 0.05) is 3.58 Å². The topological polar surface area (TPSA) is 35.5 Å². The van der Waals surface area contributed by atoms with Crippen LogP contribution in [0.1, 0.15) is 6.92 Å². The summed E-state index contributed by atoms with van der Waals surface area (Å²) in [6.45, 7) is 2.05. The average Bonchev–Trinajstić information content (AvgIpc) is 2.00. The van der Waals surface area contributed by atoms with Crippen LogP contribution in [0.4, 0.5) is 4.79 Å². The first kappa shape index (κ1) is 12.9. The van der Waals surface area contributed by atoms with Crippen molar-refractivity contribution in [3.05, 3.63) is 9.84 Å². The number of halogens is 3. The number of ether oxygens (including phenoxy) is 2. The van der Waals surface area contributed by atoms with Crippen molar-refractivity contribution >= 4 is 67.3 Å². The molecule has 0 saturated heterocycles. The summed E-state index contributed by atoms with van der Waals surface area (Å²) in [4.78, 5) is 10.7. The highest BCUT2D eigenvalue weighted by Gasteiger charge is 2.04. The van der Waals surface area contributed by atoms with E-state index in [1.54, 1.807) is 6.92 Å². The lowest BCUT2D eigenvalue weighted by molar-refractivity contribution is 0.0893. The molecule has 0 fully saturated rings. The summed E-state index contributed by atoms with van der Waals surface area (Å²) < 4.78 is 10.2. The third-order valence-electron chi connectivity index (χ3n) is 0.738. The van der Waals surface area contributed by atoms with Gasteiger partial charge in [0.1, 0.15) is 6.26 Å². The van der Waals surface area contributed by atoms with Crippen LogP contribution in [-0.4, -0.2) is 15.6 Å².